The van der Waals surface area contributed by atoms with Crippen molar-refractivity contribution in [1.29, 1.82) is 0 Å². The lowest BCUT2D eigenvalue weighted by Crippen LogP contribution is -2.41. The first-order valence-corrected chi connectivity index (χ1v) is 12.3. The third-order valence-electron chi connectivity index (χ3n) is 5.74. The molecule has 0 spiro atoms. The fourth-order valence-electron chi connectivity index (χ4n) is 3.84. The van der Waals surface area contributed by atoms with Crippen LogP contribution in [-0.4, -0.2) is 4.08 Å². The Bertz CT molecular complexity index is 640. The third-order valence-corrected chi connectivity index (χ3v) is 9.02. The summed E-state index contributed by atoms with van der Waals surface area (Å²) >= 11 is 4.25. The predicted octanol–water partition coefficient (Wildman–Crippen LogP) is 8.65. The van der Waals surface area contributed by atoms with Gasteiger partial charge in [-0.15, -0.1) is 23.5 Å². The number of unbranched alkanes of at least 4 members (excludes halogenated alkanes) is 4. The molecule has 1 saturated carbocycles. The van der Waals surface area contributed by atoms with Crippen molar-refractivity contribution in [3.63, 3.8) is 0 Å². The van der Waals surface area contributed by atoms with Gasteiger partial charge >= 0.3 is 0 Å². The van der Waals surface area contributed by atoms with Crippen LogP contribution in [0.4, 0.5) is 0 Å². The minimum Gasteiger partial charge on any atom is -0.108 e. The van der Waals surface area contributed by atoms with Gasteiger partial charge in [0.1, 0.15) is 0 Å². The van der Waals surface area contributed by atoms with Crippen molar-refractivity contribution in [2.75, 3.05) is 0 Å². The average molecular weight is 399 g/mol. The van der Waals surface area contributed by atoms with Crippen LogP contribution in [0.3, 0.4) is 0 Å². The fourth-order valence-corrected chi connectivity index (χ4v) is 7.17. The molecule has 0 N–H and O–H groups in total. The van der Waals surface area contributed by atoms with Gasteiger partial charge in [0.15, 0.2) is 0 Å². The first kappa shape index (κ1) is 20.9. The topological polar surface area (TPSA) is 0 Å². The smallest absolute Gasteiger partial charge is 0.0733 e. The second-order valence-electron chi connectivity index (χ2n) is 8.08. The minimum absolute atomic E-state index is 0.315. The molecule has 0 nitrogen and oxygen atoms in total. The molecule has 1 unspecified atom stereocenters. The number of hydrogen-bond acceptors (Lipinski definition) is 2. The van der Waals surface area contributed by atoms with E-state index in [0.29, 0.717) is 4.08 Å². The van der Waals surface area contributed by atoms with Crippen LogP contribution in [0.2, 0.25) is 0 Å². The van der Waals surface area contributed by atoms with Crippen LogP contribution >= 0.6 is 23.5 Å². The van der Waals surface area contributed by atoms with Crippen LogP contribution in [0, 0.1) is 19.8 Å². The Morgan fingerprint density at radius 3 is 1.74 bits per heavy atom. The van der Waals surface area contributed by atoms with Crippen molar-refractivity contribution in [1.82, 2.24) is 0 Å². The molecule has 146 valence electrons. The summed E-state index contributed by atoms with van der Waals surface area (Å²) in [5.41, 5.74) is 2.70. The number of benzene rings is 2. The standard InChI is InChI=1S/C25H34S2/c1-4-5-6-7-8-9-22-18-19-25(22,26-23-14-10-20(2)11-15-23)27-24-16-12-21(3)13-17-24/h10-17,22H,4-9,18-19H2,1-3H3. The molecule has 27 heavy (non-hydrogen) atoms. The lowest BCUT2D eigenvalue weighted by Gasteiger charge is -2.49. The van der Waals surface area contributed by atoms with Gasteiger partial charge in [-0.1, -0.05) is 74.4 Å². The number of aryl methyl sites for hydroxylation is 2. The Hall–Kier alpha value is -0.860. The molecular weight excluding hydrogens is 364 g/mol. The van der Waals surface area contributed by atoms with Crippen LogP contribution in [0.25, 0.3) is 0 Å². The molecular formula is C25H34S2. The minimum atomic E-state index is 0.315. The lowest BCUT2D eigenvalue weighted by molar-refractivity contribution is 0.274. The molecule has 3 rings (SSSR count). The van der Waals surface area contributed by atoms with Crippen molar-refractivity contribution >= 4 is 23.5 Å². The number of hydrogen-bond donors (Lipinski definition) is 0. The van der Waals surface area contributed by atoms with Crippen molar-refractivity contribution in [2.24, 2.45) is 5.92 Å². The van der Waals surface area contributed by atoms with Crippen molar-refractivity contribution in [3.8, 4) is 0 Å². The molecule has 0 radical (unpaired) electrons. The molecule has 0 saturated heterocycles. The van der Waals surface area contributed by atoms with Gasteiger partial charge in [-0.3, -0.25) is 0 Å². The summed E-state index contributed by atoms with van der Waals surface area (Å²) < 4.78 is 0.315. The van der Waals surface area contributed by atoms with E-state index in [4.69, 9.17) is 0 Å². The summed E-state index contributed by atoms with van der Waals surface area (Å²) in [7, 11) is 0. The molecule has 0 aliphatic heterocycles. The quantitative estimate of drug-likeness (QED) is 0.290. The first-order chi connectivity index (χ1) is 13.1. The summed E-state index contributed by atoms with van der Waals surface area (Å²) in [4.78, 5) is 2.85. The maximum atomic E-state index is 2.31. The van der Waals surface area contributed by atoms with Crippen LogP contribution in [0.1, 0.15) is 69.4 Å². The molecule has 1 aliphatic carbocycles. The zero-order chi connectivity index (χ0) is 19.1. The van der Waals surface area contributed by atoms with Gasteiger partial charge < -0.3 is 0 Å². The van der Waals surface area contributed by atoms with Gasteiger partial charge in [-0.05, 0) is 63.3 Å². The van der Waals surface area contributed by atoms with Gasteiger partial charge in [0.2, 0.25) is 0 Å². The Morgan fingerprint density at radius 2 is 1.30 bits per heavy atom. The van der Waals surface area contributed by atoms with E-state index in [1.807, 2.05) is 0 Å². The Kier molecular flexibility index (Phi) is 7.78. The van der Waals surface area contributed by atoms with Crippen LogP contribution < -0.4 is 0 Å². The van der Waals surface area contributed by atoms with Crippen LogP contribution in [-0.2, 0) is 0 Å². The summed E-state index contributed by atoms with van der Waals surface area (Å²) in [5, 5.41) is 0. The van der Waals surface area contributed by atoms with Gasteiger partial charge in [0, 0.05) is 9.79 Å². The molecule has 2 aromatic carbocycles. The normalized spacial score (nSPS) is 18.3. The molecule has 0 amide bonds. The van der Waals surface area contributed by atoms with E-state index in [9.17, 15) is 0 Å². The van der Waals surface area contributed by atoms with E-state index in [2.05, 4.69) is 92.8 Å². The Balaban J connectivity index is 1.70. The fraction of sp³-hybridized carbons (Fsp3) is 0.520. The highest BCUT2D eigenvalue weighted by atomic mass is 32.2. The highest BCUT2D eigenvalue weighted by molar-refractivity contribution is 8.18. The molecule has 0 aromatic heterocycles. The summed E-state index contributed by atoms with van der Waals surface area (Å²) in [6.45, 7) is 6.65. The maximum Gasteiger partial charge on any atom is 0.0733 e. The second kappa shape index (κ2) is 10.1. The molecule has 2 aromatic rings. The van der Waals surface area contributed by atoms with E-state index in [0.717, 1.165) is 5.92 Å². The van der Waals surface area contributed by atoms with Gasteiger partial charge in [-0.2, -0.15) is 0 Å². The zero-order valence-electron chi connectivity index (χ0n) is 17.2. The molecule has 1 atom stereocenters. The van der Waals surface area contributed by atoms with Crippen molar-refractivity contribution < 1.29 is 0 Å². The van der Waals surface area contributed by atoms with Crippen molar-refractivity contribution in [2.45, 2.75) is 86.0 Å². The van der Waals surface area contributed by atoms with E-state index in [1.54, 1.807) is 0 Å². The SMILES string of the molecule is CCCCCCCC1CCC1(Sc1ccc(C)cc1)Sc1ccc(C)cc1. The average Bonchev–Trinajstić information content (AvgIpc) is 2.66. The van der Waals surface area contributed by atoms with Crippen LogP contribution in [0.5, 0.6) is 0 Å². The Labute approximate surface area is 174 Å². The number of rotatable bonds is 10. The van der Waals surface area contributed by atoms with Crippen molar-refractivity contribution in [3.05, 3.63) is 59.7 Å². The number of thioether (sulfide) groups is 2. The van der Waals surface area contributed by atoms with Gasteiger partial charge in [0.25, 0.3) is 0 Å². The Morgan fingerprint density at radius 1 is 0.778 bits per heavy atom. The zero-order valence-corrected chi connectivity index (χ0v) is 18.8. The molecule has 1 fully saturated rings. The molecule has 1 aliphatic rings. The largest absolute Gasteiger partial charge is 0.108 e. The van der Waals surface area contributed by atoms with Gasteiger partial charge in [0.05, 0.1) is 4.08 Å². The summed E-state index contributed by atoms with van der Waals surface area (Å²) in [6.07, 6.45) is 11.1. The highest BCUT2D eigenvalue weighted by Gasteiger charge is 2.48. The first-order valence-electron chi connectivity index (χ1n) is 10.6. The lowest BCUT2D eigenvalue weighted by atomic mass is 9.80. The summed E-state index contributed by atoms with van der Waals surface area (Å²) in [5.74, 6) is 0.830. The van der Waals surface area contributed by atoms with Crippen LogP contribution in [0.15, 0.2) is 58.3 Å². The molecule has 2 heteroatoms. The van der Waals surface area contributed by atoms with E-state index in [1.165, 1.54) is 72.3 Å². The van der Waals surface area contributed by atoms with E-state index in [-0.39, 0.29) is 0 Å². The maximum absolute atomic E-state index is 2.31. The van der Waals surface area contributed by atoms with Gasteiger partial charge in [-0.25, -0.2) is 0 Å². The van der Waals surface area contributed by atoms with E-state index < -0.39 is 0 Å². The monoisotopic (exact) mass is 398 g/mol. The predicted molar refractivity (Wildman–Crippen MR) is 123 cm³/mol. The summed E-state index contributed by atoms with van der Waals surface area (Å²) in [6, 6.07) is 18.3. The molecule has 0 bridgehead atoms. The second-order valence-corrected chi connectivity index (χ2v) is 11.1. The third kappa shape index (κ3) is 5.81. The highest BCUT2D eigenvalue weighted by Crippen LogP contribution is 2.62. The van der Waals surface area contributed by atoms with E-state index >= 15 is 0 Å². The molecule has 0 heterocycles.